The molecule has 2 aliphatic rings. The summed E-state index contributed by atoms with van der Waals surface area (Å²) in [6.45, 7) is 7.03. The van der Waals surface area contributed by atoms with Gasteiger partial charge in [-0.15, -0.1) is 0 Å². The number of piperidine rings is 1. The maximum Gasteiger partial charge on any atom is 0.339 e. The van der Waals surface area contributed by atoms with E-state index >= 15 is 0 Å². The van der Waals surface area contributed by atoms with Gasteiger partial charge in [0.05, 0.1) is 23.9 Å². The van der Waals surface area contributed by atoms with Gasteiger partial charge < -0.3 is 9.64 Å². The van der Waals surface area contributed by atoms with Crippen LogP contribution in [0, 0.1) is 18.3 Å². The minimum atomic E-state index is -0.452. The molecule has 2 saturated heterocycles. The third-order valence-electron chi connectivity index (χ3n) is 5.20. The van der Waals surface area contributed by atoms with Crippen molar-refractivity contribution in [3.05, 3.63) is 22.9 Å². The average Bonchev–Trinajstić information content (AvgIpc) is 2.54. The maximum absolute atomic E-state index is 11.8. The van der Waals surface area contributed by atoms with E-state index < -0.39 is 5.97 Å². The zero-order valence-corrected chi connectivity index (χ0v) is 14.6. The Bertz CT molecular complexity index is 676. The van der Waals surface area contributed by atoms with Crippen molar-refractivity contribution in [1.29, 1.82) is 5.26 Å². The van der Waals surface area contributed by atoms with Crippen LogP contribution in [-0.2, 0) is 4.74 Å². The summed E-state index contributed by atoms with van der Waals surface area (Å²) in [6, 6.07) is 4.94. The summed E-state index contributed by atoms with van der Waals surface area (Å²) >= 11 is 0. The van der Waals surface area contributed by atoms with Crippen LogP contribution in [0.15, 0.2) is 6.07 Å². The number of hydrogen-bond donors (Lipinski definition) is 0. The maximum atomic E-state index is 11.8. The minimum absolute atomic E-state index is 0.361. The molecule has 0 unspecified atom stereocenters. The van der Waals surface area contributed by atoms with Crippen LogP contribution in [0.25, 0.3) is 0 Å². The predicted molar refractivity (Wildman–Crippen MR) is 91.0 cm³/mol. The molecule has 2 aliphatic heterocycles. The Balaban J connectivity index is 1.76. The number of anilines is 1. The third-order valence-corrected chi connectivity index (χ3v) is 5.20. The van der Waals surface area contributed by atoms with Gasteiger partial charge in [-0.3, -0.25) is 4.90 Å². The summed E-state index contributed by atoms with van der Waals surface area (Å²) in [5, 5.41) is 9.43. The fourth-order valence-corrected chi connectivity index (χ4v) is 3.73. The number of aromatic nitrogens is 1. The summed E-state index contributed by atoms with van der Waals surface area (Å²) in [6.07, 6.45) is 3.86. The first-order valence-corrected chi connectivity index (χ1v) is 8.56. The van der Waals surface area contributed by atoms with E-state index in [4.69, 9.17) is 4.74 Å². The molecule has 2 fully saturated rings. The Morgan fingerprint density at radius 1 is 1.42 bits per heavy atom. The lowest BCUT2D eigenvalue weighted by atomic mass is 9.97. The summed E-state index contributed by atoms with van der Waals surface area (Å²) in [4.78, 5) is 21.0. The van der Waals surface area contributed by atoms with Crippen molar-refractivity contribution in [2.24, 2.45) is 0 Å². The molecule has 1 atom stereocenters. The van der Waals surface area contributed by atoms with E-state index in [1.807, 2.05) is 0 Å². The number of esters is 1. The highest BCUT2D eigenvalue weighted by Crippen LogP contribution is 2.30. The number of likely N-dealkylation sites (tertiary alicyclic amines) is 1. The normalized spacial score (nSPS) is 21.9. The van der Waals surface area contributed by atoms with Gasteiger partial charge in [0.25, 0.3) is 0 Å². The molecule has 128 valence electrons. The molecule has 6 heteroatoms. The van der Waals surface area contributed by atoms with Crippen LogP contribution < -0.4 is 4.90 Å². The van der Waals surface area contributed by atoms with Crippen molar-refractivity contribution < 1.29 is 9.53 Å². The average molecular weight is 328 g/mol. The van der Waals surface area contributed by atoms with E-state index in [9.17, 15) is 10.1 Å². The van der Waals surface area contributed by atoms with Crippen molar-refractivity contribution in [3.8, 4) is 6.07 Å². The van der Waals surface area contributed by atoms with Crippen molar-refractivity contribution in [3.63, 3.8) is 0 Å². The molecule has 0 aliphatic carbocycles. The van der Waals surface area contributed by atoms with Gasteiger partial charge in [0.1, 0.15) is 11.9 Å². The Labute approximate surface area is 143 Å². The van der Waals surface area contributed by atoms with Crippen LogP contribution in [0.1, 0.15) is 47.8 Å². The lowest BCUT2D eigenvalue weighted by molar-refractivity contribution is 0.0599. The number of aryl methyl sites for hydroxylation is 1. The SMILES string of the molecule is COC(=O)c1cc(C#N)c(N2CC(N3CCCC[C@@H]3C)C2)nc1C. The highest BCUT2D eigenvalue weighted by atomic mass is 16.5. The number of ether oxygens (including phenoxy) is 1. The Morgan fingerprint density at radius 2 is 2.17 bits per heavy atom. The first-order chi connectivity index (χ1) is 11.5. The number of nitrogens with zero attached hydrogens (tertiary/aromatic N) is 4. The van der Waals surface area contributed by atoms with Crippen LogP contribution in [0.4, 0.5) is 5.82 Å². The largest absolute Gasteiger partial charge is 0.465 e. The standard InChI is InChI=1S/C18H24N4O2/c1-12-6-4-5-7-22(12)15-10-21(11-15)17-14(9-19)8-16(13(2)20-17)18(23)24-3/h8,12,15H,4-7,10-11H2,1-3H3/t12-/m0/s1. The Morgan fingerprint density at radius 3 is 2.79 bits per heavy atom. The minimum Gasteiger partial charge on any atom is -0.465 e. The lowest BCUT2D eigenvalue weighted by Crippen LogP contribution is -2.62. The van der Waals surface area contributed by atoms with Crippen LogP contribution in [0.2, 0.25) is 0 Å². The number of hydrogen-bond acceptors (Lipinski definition) is 6. The van der Waals surface area contributed by atoms with Crippen LogP contribution in [-0.4, -0.2) is 54.7 Å². The van der Waals surface area contributed by atoms with Gasteiger partial charge >= 0.3 is 5.97 Å². The number of rotatable bonds is 3. The zero-order chi connectivity index (χ0) is 17.3. The smallest absolute Gasteiger partial charge is 0.339 e. The molecular weight excluding hydrogens is 304 g/mol. The van der Waals surface area contributed by atoms with Gasteiger partial charge in [0.2, 0.25) is 0 Å². The molecule has 0 spiro atoms. The van der Waals surface area contributed by atoms with Crippen molar-refractivity contribution >= 4 is 11.8 Å². The second-order valence-corrected chi connectivity index (χ2v) is 6.74. The first kappa shape index (κ1) is 16.7. The quantitative estimate of drug-likeness (QED) is 0.792. The first-order valence-electron chi connectivity index (χ1n) is 8.56. The molecule has 3 rings (SSSR count). The fourth-order valence-electron chi connectivity index (χ4n) is 3.73. The van der Waals surface area contributed by atoms with E-state index in [-0.39, 0.29) is 0 Å². The van der Waals surface area contributed by atoms with Crippen molar-refractivity contribution in [2.45, 2.75) is 45.2 Å². The van der Waals surface area contributed by atoms with Crippen molar-refractivity contribution in [2.75, 3.05) is 31.6 Å². The molecule has 0 saturated carbocycles. The van der Waals surface area contributed by atoms with E-state index in [0.717, 1.165) is 13.1 Å². The lowest BCUT2D eigenvalue weighted by Gasteiger charge is -2.49. The molecule has 3 heterocycles. The van der Waals surface area contributed by atoms with Crippen LogP contribution in [0.3, 0.4) is 0 Å². The van der Waals surface area contributed by atoms with E-state index in [0.29, 0.717) is 34.7 Å². The molecule has 0 bridgehead atoms. The highest BCUT2D eigenvalue weighted by molar-refractivity contribution is 5.91. The van der Waals surface area contributed by atoms with Gasteiger partial charge in [-0.05, 0) is 39.3 Å². The highest BCUT2D eigenvalue weighted by Gasteiger charge is 2.37. The second kappa shape index (κ2) is 6.78. The van der Waals surface area contributed by atoms with Gasteiger partial charge in [-0.1, -0.05) is 6.42 Å². The van der Waals surface area contributed by atoms with Crippen molar-refractivity contribution in [1.82, 2.24) is 9.88 Å². The van der Waals surface area contributed by atoms with Gasteiger partial charge in [-0.25, -0.2) is 9.78 Å². The molecule has 0 radical (unpaired) electrons. The summed E-state index contributed by atoms with van der Waals surface area (Å²) in [7, 11) is 1.33. The second-order valence-electron chi connectivity index (χ2n) is 6.74. The number of carbonyl (C=O) groups excluding carboxylic acids is 1. The molecule has 6 nitrogen and oxygen atoms in total. The third kappa shape index (κ3) is 2.96. The van der Waals surface area contributed by atoms with E-state index in [1.165, 1.54) is 32.9 Å². The van der Waals surface area contributed by atoms with Gasteiger partial charge in [0, 0.05) is 25.2 Å². The molecule has 1 aromatic rings. The Kier molecular flexibility index (Phi) is 4.72. The number of nitriles is 1. The predicted octanol–water partition coefficient (Wildman–Crippen LogP) is 2.11. The molecular formula is C18H24N4O2. The fraction of sp³-hybridized carbons (Fsp3) is 0.611. The molecule has 0 aromatic carbocycles. The van der Waals surface area contributed by atoms with E-state index in [1.54, 1.807) is 13.0 Å². The van der Waals surface area contributed by atoms with Gasteiger partial charge in [0.15, 0.2) is 0 Å². The molecule has 0 amide bonds. The molecule has 24 heavy (non-hydrogen) atoms. The molecule has 0 N–H and O–H groups in total. The van der Waals surface area contributed by atoms with Gasteiger partial charge in [-0.2, -0.15) is 5.26 Å². The van der Waals surface area contributed by atoms with Crippen LogP contribution >= 0.6 is 0 Å². The topological polar surface area (TPSA) is 69.5 Å². The number of carbonyl (C=O) groups is 1. The Hall–Kier alpha value is -2.13. The summed E-state index contributed by atoms with van der Waals surface area (Å²) in [5.41, 5.74) is 1.40. The monoisotopic (exact) mass is 328 g/mol. The summed E-state index contributed by atoms with van der Waals surface area (Å²) in [5.74, 6) is 0.232. The molecule has 1 aromatic heterocycles. The zero-order valence-electron chi connectivity index (χ0n) is 14.6. The number of pyridine rings is 1. The number of methoxy groups -OCH3 is 1. The van der Waals surface area contributed by atoms with Crippen LogP contribution in [0.5, 0.6) is 0 Å². The summed E-state index contributed by atoms with van der Waals surface area (Å²) < 4.78 is 4.76. The van der Waals surface area contributed by atoms with E-state index in [2.05, 4.69) is 27.8 Å².